The smallest absolute Gasteiger partial charge is 0.246 e. The fraction of sp³-hybridized carbons (Fsp3) is 0.538. The monoisotopic (exact) mass is 284 g/mol. The van der Waals surface area contributed by atoms with E-state index in [-0.39, 0.29) is 16.7 Å². The van der Waals surface area contributed by atoms with Crippen molar-refractivity contribution in [3.63, 3.8) is 0 Å². The summed E-state index contributed by atoms with van der Waals surface area (Å²) in [6.45, 7) is 1.46. The Kier molecular flexibility index (Phi) is 4.13. The predicted molar refractivity (Wildman–Crippen MR) is 73.6 cm³/mol. The van der Waals surface area contributed by atoms with Gasteiger partial charge < -0.3 is 10.0 Å². The van der Waals surface area contributed by atoms with E-state index in [2.05, 4.69) is 4.90 Å². The van der Waals surface area contributed by atoms with Crippen LogP contribution < -0.4 is 0 Å². The van der Waals surface area contributed by atoms with Crippen molar-refractivity contribution in [3.05, 3.63) is 24.3 Å². The Morgan fingerprint density at radius 1 is 1.42 bits per heavy atom. The van der Waals surface area contributed by atoms with Crippen LogP contribution >= 0.6 is 0 Å². The number of hydrogen-bond acceptors (Lipinski definition) is 4. The number of likely N-dealkylation sites (tertiary alicyclic amines) is 1. The van der Waals surface area contributed by atoms with Crippen LogP contribution in [0.1, 0.15) is 12.8 Å². The van der Waals surface area contributed by atoms with Gasteiger partial charge in [0.1, 0.15) is 10.6 Å². The van der Waals surface area contributed by atoms with Gasteiger partial charge in [-0.1, -0.05) is 12.1 Å². The molecule has 1 fully saturated rings. The summed E-state index contributed by atoms with van der Waals surface area (Å²) in [6.07, 6.45) is 2.11. The molecule has 1 N–H and O–H groups in total. The van der Waals surface area contributed by atoms with Crippen molar-refractivity contribution in [2.45, 2.75) is 23.8 Å². The van der Waals surface area contributed by atoms with Crippen molar-refractivity contribution in [2.75, 3.05) is 27.2 Å². The van der Waals surface area contributed by atoms with E-state index in [1.165, 1.54) is 16.4 Å². The van der Waals surface area contributed by atoms with Gasteiger partial charge in [-0.2, -0.15) is 4.31 Å². The van der Waals surface area contributed by atoms with Crippen LogP contribution in [-0.2, 0) is 10.0 Å². The topological polar surface area (TPSA) is 60.9 Å². The van der Waals surface area contributed by atoms with Crippen LogP contribution in [0.15, 0.2) is 29.2 Å². The molecular weight excluding hydrogens is 264 g/mol. The zero-order valence-electron chi connectivity index (χ0n) is 11.3. The number of nitrogens with zero attached hydrogens (tertiary/aromatic N) is 2. The van der Waals surface area contributed by atoms with Crippen molar-refractivity contribution in [3.8, 4) is 5.75 Å². The number of likely N-dealkylation sites (N-methyl/N-ethyl adjacent to an activating group) is 2. The van der Waals surface area contributed by atoms with E-state index in [0.717, 1.165) is 19.4 Å². The van der Waals surface area contributed by atoms with Gasteiger partial charge in [0.05, 0.1) is 0 Å². The van der Waals surface area contributed by atoms with E-state index in [1.807, 2.05) is 7.05 Å². The van der Waals surface area contributed by atoms with Crippen molar-refractivity contribution in [1.29, 1.82) is 0 Å². The Bertz CT molecular complexity index is 545. The average Bonchev–Trinajstić information content (AvgIpc) is 2.75. The van der Waals surface area contributed by atoms with E-state index in [1.54, 1.807) is 19.2 Å². The molecular formula is C13H20N2O3S. The Balaban J connectivity index is 2.18. The Morgan fingerprint density at radius 2 is 2.11 bits per heavy atom. The molecule has 0 amide bonds. The summed E-state index contributed by atoms with van der Waals surface area (Å²) >= 11 is 0. The minimum absolute atomic E-state index is 0.0295. The molecule has 0 aromatic heterocycles. The lowest BCUT2D eigenvalue weighted by Crippen LogP contribution is -2.39. The number of phenolic OH excluding ortho intramolecular Hbond substituents is 1. The van der Waals surface area contributed by atoms with Crippen molar-refractivity contribution in [2.24, 2.45) is 0 Å². The molecule has 6 heteroatoms. The summed E-state index contributed by atoms with van der Waals surface area (Å²) in [5.41, 5.74) is 0. The van der Waals surface area contributed by atoms with E-state index in [9.17, 15) is 13.5 Å². The molecule has 1 unspecified atom stereocenters. The van der Waals surface area contributed by atoms with Gasteiger partial charge in [0.15, 0.2) is 0 Å². The van der Waals surface area contributed by atoms with E-state index < -0.39 is 10.0 Å². The van der Waals surface area contributed by atoms with Crippen LogP contribution in [0.25, 0.3) is 0 Å². The van der Waals surface area contributed by atoms with Crippen LogP contribution in [0.2, 0.25) is 0 Å². The summed E-state index contributed by atoms with van der Waals surface area (Å²) in [7, 11) is -0.0484. The molecule has 1 atom stereocenters. The molecule has 0 aliphatic carbocycles. The van der Waals surface area contributed by atoms with Gasteiger partial charge in [-0.15, -0.1) is 0 Å². The molecule has 1 aliphatic rings. The van der Waals surface area contributed by atoms with E-state index in [4.69, 9.17) is 0 Å². The molecule has 0 bridgehead atoms. The zero-order chi connectivity index (χ0) is 14.0. The fourth-order valence-corrected chi connectivity index (χ4v) is 3.74. The highest BCUT2D eigenvalue weighted by Crippen LogP contribution is 2.25. The van der Waals surface area contributed by atoms with Gasteiger partial charge in [0.2, 0.25) is 10.0 Å². The molecule has 1 aromatic rings. The summed E-state index contributed by atoms with van der Waals surface area (Å²) in [5, 5.41) is 9.69. The average molecular weight is 284 g/mol. The summed E-state index contributed by atoms with van der Waals surface area (Å²) in [4.78, 5) is 2.15. The predicted octanol–water partition coefficient (Wildman–Crippen LogP) is 1.11. The maximum atomic E-state index is 12.4. The summed E-state index contributed by atoms with van der Waals surface area (Å²) in [5.74, 6) is -0.200. The molecule has 1 aromatic carbocycles. The van der Waals surface area contributed by atoms with Crippen LogP contribution in [0.3, 0.4) is 0 Å². The molecule has 1 aliphatic heterocycles. The molecule has 0 radical (unpaired) electrons. The quantitative estimate of drug-likeness (QED) is 0.899. The molecule has 1 heterocycles. The second kappa shape index (κ2) is 5.48. The largest absolute Gasteiger partial charge is 0.507 e. The van der Waals surface area contributed by atoms with Crippen molar-refractivity contribution >= 4 is 10.0 Å². The molecule has 106 valence electrons. The fourth-order valence-electron chi connectivity index (χ4n) is 2.45. The van der Waals surface area contributed by atoms with Gasteiger partial charge in [-0.25, -0.2) is 8.42 Å². The van der Waals surface area contributed by atoms with Gasteiger partial charge in [-0.3, -0.25) is 0 Å². The lowest BCUT2D eigenvalue weighted by Gasteiger charge is -2.25. The van der Waals surface area contributed by atoms with Crippen LogP contribution in [0.4, 0.5) is 0 Å². The molecule has 2 rings (SSSR count). The van der Waals surface area contributed by atoms with Crippen LogP contribution in [0.5, 0.6) is 5.75 Å². The number of para-hydroxylation sites is 1. The summed E-state index contributed by atoms with van der Waals surface area (Å²) < 4.78 is 26.1. The maximum Gasteiger partial charge on any atom is 0.246 e. The highest BCUT2D eigenvalue weighted by atomic mass is 32.2. The number of hydrogen-bond donors (Lipinski definition) is 1. The first kappa shape index (κ1) is 14.3. The number of phenols is 1. The Hall–Kier alpha value is -1.11. The highest BCUT2D eigenvalue weighted by Gasteiger charge is 2.29. The molecule has 19 heavy (non-hydrogen) atoms. The first-order chi connectivity index (χ1) is 8.93. The molecule has 0 spiro atoms. The van der Waals surface area contributed by atoms with E-state index in [0.29, 0.717) is 6.54 Å². The first-order valence-electron chi connectivity index (χ1n) is 6.37. The van der Waals surface area contributed by atoms with Crippen molar-refractivity contribution < 1.29 is 13.5 Å². The third-order valence-electron chi connectivity index (χ3n) is 3.69. The summed E-state index contributed by atoms with van der Waals surface area (Å²) in [6, 6.07) is 6.30. The zero-order valence-corrected chi connectivity index (χ0v) is 12.1. The van der Waals surface area contributed by atoms with Gasteiger partial charge >= 0.3 is 0 Å². The highest BCUT2D eigenvalue weighted by molar-refractivity contribution is 7.89. The molecule has 1 saturated heterocycles. The Labute approximate surface area is 114 Å². The van der Waals surface area contributed by atoms with Gasteiger partial charge in [-0.05, 0) is 38.6 Å². The SMILES string of the molecule is CN1CCCC1CN(C)S(=O)(=O)c1ccccc1O. The molecule has 0 saturated carbocycles. The minimum atomic E-state index is -3.62. The van der Waals surface area contributed by atoms with Gasteiger partial charge in [0.25, 0.3) is 0 Å². The normalized spacial score (nSPS) is 21.1. The number of rotatable bonds is 4. The standard InChI is InChI=1S/C13H20N2O3S/c1-14-9-5-6-11(14)10-15(2)19(17,18)13-8-4-3-7-12(13)16/h3-4,7-8,11,16H,5-6,9-10H2,1-2H3. The first-order valence-corrected chi connectivity index (χ1v) is 7.81. The van der Waals surface area contributed by atoms with E-state index >= 15 is 0 Å². The second-order valence-corrected chi connectivity index (χ2v) is 7.04. The Morgan fingerprint density at radius 3 is 2.68 bits per heavy atom. The van der Waals surface area contributed by atoms with Crippen molar-refractivity contribution in [1.82, 2.24) is 9.21 Å². The number of aromatic hydroxyl groups is 1. The maximum absolute atomic E-state index is 12.4. The van der Waals surface area contributed by atoms with Gasteiger partial charge in [0, 0.05) is 19.6 Å². The van der Waals surface area contributed by atoms with Crippen LogP contribution in [0, 0.1) is 0 Å². The lowest BCUT2D eigenvalue weighted by atomic mass is 10.2. The minimum Gasteiger partial charge on any atom is -0.507 e. The number of sulfonamides is 1. The second-order valence-electron chi connectivity index (χ2n) is 5.03. The third kappa shape index (κ3) is 2.91. The third-order valence-corrected chi connectivity index (χ3v) is 5.56. The van der Waals surface area contributed by atoms with Crippen LogP contribution in [-0.4, -0.2) is 56.0 Å². The molecule has 5 nitrogen and oxygen atoms in total. The lowest BCUT2D eigenvalue weighted by molar-refractivity contribution is 0.270. The number of benzene rings is 1.